The van der Waals surface area contributed by atoms with Crippen LogP contribution in [0, 0.1) is 0 Å². The molecule has 0 bridgehead atoms. The molecule has 1 amide bonds. The number of ether oxygens (including phenoxy) is 1. The van der Waals surface area contributed by atoms with Gasteiger partial charge in [0.25, 0.3) is 5.91 Å². The molecule has 2 heterocycles. The smallest absolute Gasteiger partial charge is 0.259 e. The Morgan fingerprint density at radius 1 is 1.08 bits per heavy atom. The van der Waals surface area contributed by atoms with Crippen molar-refractivity contribution in [3.05, 3.63) is 88.5 Å². The van der Waals surface area contributed by atoms with Gasteiger partial charge in [-0.25, -0.2) is 0 Å². The molecule has 2 unspecified atom stereocenters. The summed E-state index contributed by atoms with van der Waals surface area (Å²) in [5.74, 6) is 0.400. The number of aromatic hydroxyl groups is 1. The van der Waals surface area contributed by atoms with Crippen LogP contribution in [-0.2, 0) is 13.0 Å². The number of carbonyl (C=O) groups is 1. The van der Waals surface area contributed by atoms with Gasteiger partial charge in [0, 0.05) is 22.9 Å². The van der Waals surface area contributed by atoms with E-state index in [1.54, 1.807) is 11.0 Å². The van der Waals surface area contributed by atoms with Gasteiger partial charge < -0.3 is 19.8 Å². The molecule has 2 N–H and O–H groups in total. The summed E-state index contributed by atoms with van der Waals surface area (Å²) in [6, 6.07) is 15.5. The van der Waals surface area contributed by atoms with Crippen molar-refractivity contribution in [3.63, 3.8) is 0 Å². The van der Waals surface area contributed by atoms with Crippen molar-refractivity contribution in [2.24, 2.45) is 0 Å². The Morgan fingerprint density at radius 3 is 2.63 bits per heavy atom. The quantitative estimate of drug-likeness (QED) is 0.328. The first-order valence-electron chi connectivity index (χ1n) is 13.5. The van der Waals surface area contributed by atoms with E-state index in [0.29, 0.717) is 29.8 Å². The summed E-state index contributed by atoms with van der Waals surface area (Å²) in [7, 11) is 0. The Bertz CT molecular complexity index is 1440. The van der Waals surface area contributed by atoms with Crippen LogP contribution in [0.25, 0.3) is 10.8 Å². The van der Waals surface area contributed by atoms with Crippen molar-refractivity contribution >= 4 is 22.4 Å². The second kappa shape index (κ2) is 10.3. The fourth-order valence-corrected chi connectivity index (χ4v) is 5.64. The number of benzene rings is 3. The second-order valence-electron chi connectivity index (χ2n) is 11.2. The molecule has 5 rings (SSSR count). The number of aliphatic hydroxyl groups excluding tert-OH is 1. The predicted molar refractivity (Wildman–Crippen MR) is 153 cm³/mol. The first-order valence-corrected chi connectivity index (χ1v) is 13.5. The number of allylic oxidation sites excluding steroid dienone is 4. The molecule has 0 spiro atoms. The summed E-state index contributed by atoms with van der Waals surface area (Å²) >= 11 is 0. The van der Waals surface area contributed by atoms with Crippen LogP contribution in [0.15, 0.2) is 71.8 Å². The number of amides is 1. The third kappa shape index (κ3) is 4.83. The lowest BCUT2D eigenvalue weighted by molar-refractivity contribution is -0.0597. The molecule has 0 saturated heterocycles. The molecule has 2 aliphatic heterocycles. The number of phenols is 1. The minimum absolute atomic E-state index is 0.00276. The fraction of sp³-hybridized carbons (Fsp3) is 0.364. The van der Waals surface area contributed by atoms with Crippen molar-refractivity contribution < 1.29 is 19.7 Å². The molecule has 2 atom stereocenters. The molecule has 3 aromatic carbocycles. The average molecular weight is 512 g/mol. The molecule has 0 aromatic heterocycles. The van der Waals surface area contributed by atoms with Crippen LogP contribution >= 0.6 is 0 Å². The molecule has 3 aromatic rings. The monoisotopic (exact) mass is 511 g/mol. The normalized spacial score (nSPS) is 20.8. The van der Waals surface area contributed by atoms with Gasteiger partial charge in [0.15, 0.2) is 0 Å². The molecule has 5 nitrogen and oxygen atoms in total. The predicted octanol–water partition coefficient (Wildman–Crippen LogP) is 7.23. The second-order valence-corrected chi connectivity index (χ2v) is 11.2. The zero-order chi connectivity index (χ0) is 27.0. The van der Waals surface area contributed by atoms with E-state index in [2.05, 4.69) is 32.9 Å². The van der Waals surface area contributed by atoms with Gasteiger partial charge in [-0.1, -0.05) is 59.7 Å². The van der Waals surface area contributed by atoms with Crippen molar-refractivity contribution in [2.75, 3.05) is 4.90 Å². The summed E-state index contributed by atoms with van der Waals surface area (Å²) in [5.41, 5.74) is 4.49. The van der Waals surface area contributed by atoms with Crippen LogP contribution in [0.4, 0.5) is 5.69 Å². The highest BCUT2D eigenvalue weighted by molar-refractivity contribution is 6.14. The molecule has 0 aliphatic carbocycles. The Kier molecular flexibility index (Phi) is 7.06. The SMILES string of the molecule is CC(C)=CCCC(C)=CCCC1(C)Oc2c(c(O)cc3c2CN(c2cccc4ccccc24)C3=O)CC1O. The minimum atomic E-state index is -0.818. The first-order chi connectivity index (χ1) is 18.2. The standard InChI is InChI=1S/C33H37NO4/c1-21(2)10-7-11-22(3)12-9-17-33(4)30(36)19-26-29(35)18-25-27(31(26)38-33)20-34(32(25)37)28-16-8-14-23-13-5-6-15-24(23)28/h5-6,8,10,12-16,18,30,35-36H,7,9,11,17,19-20H2,1-4H3. The Balaban J connectivity index is 1.41. The summed E-state index contributed by atoms with van der Waals surface area (Å²) in [5, 5.41) is 24.0. The molecule has 0 saturated carbocycles. The van der Waals surface area contributed by atoms with Gasteiger partial charge in [-0.3, -0.25) is 4.79 Å². The lowest BCUT2D eigenvalue weighted by Crippen LogP contribution is -2.49. The maximum atomic E-state index is 13.6. The summed E-state index contributed by atoms with van der Waals surface area (Å²) in [6.07, 6.45) is 7.47. The maximum absolute atomic E-state index is 13.6. The van der Waals surface area contributed by atoms with Gasteiger partial charge in [0.2, 0.25) is 0 Å². The van der Waals surface area contributed by atoms with Crippen molar-refractivity contribution in [1.29, 1.82) is 0 Å². The molecule has 2 aliphatic rings. The van der Waals surface area contributed by atoms with E-state index in [9.17, 15) is 15.0 Å². The molecular weight excluding hydrogens is 474 g/mol. The van der Waals surface area contributed by atoms with Crippen LogP contribution in [0.1, 0.15) is 74.9 Å². The van der Waals surface area contributed by atoms with E-state index in [1.807, 2.05) is 49.4 Å². The zero-order valence-electron chi connectivity index (χ0n) is 22.8. The van der Waals surface area contributed by atoms with E-state index in [1.165, 1.54) is 11.1 Å². The highest BCUT2D eigenvalue weighted by Crippen LogP contribution is 2.47. The summed E-state index contributed by atoms with van der Waals surface area (Å²) in [4.78, 5) is 15.3. The van der Waals surface area contributed by atoms with E-state index in [4.69, 9.17) is 4.74 Å². The molecular formula is C33H37NO4. The number of fused-ring (bicyclic) bond motifs is 4. The van der Waals surface area contributed by atoms with Gasteiger partial charge in [-0.15, -0.1) is 0 Å². The van der Waals surface area contributed by atoms with Gasteiger partial charge in [-0.05, 0) is 70.9 Å². The van der Waals surface area contributed by atoms with E-state index < -0.39 is 11.7 Å². The zero-order valence-corrected chi connectivity index (χ0v) is 22.8. The summed E-state index contributed by atoms with van der Waals surface area (Å²) in [6.45, 7) is 8.67. The highest BCUT2D eigenvalue weighted by Gasteiger charge is 2.44. The maximum Gasteiger partial charge on any atom is 0.259 e. The number of hydrogen-bond donors (Lipinski definition) is 2. The number of rotatable bonds is 7. The molecule has 198 valence electrons. The van der Waals surface area contributed by atoms with Crippen LogP contribution in [0.5, 0.6) is 11.5 Å². The molecule has 38 heavy (non-hydrogen) atoms. The Labute approximate surface area is 225 Å². The topological polar surface area (TPSA) is 70.0 Å². The van der Waals surface area contributed by atoms with Crippen LogP contribution < -0.4 is 9.64 Å². The van der Waals surface area contributed by atoms with Crippen LogP contribution in [-0.4, -0.2) is 27.8 Å². The summed E-state index contributed by atoms with van der Waals surface area (Å²) < 4.78 is 6.54. The van der Waals surface area contributed by atoms with Crippen LogP contribution in [0.3, 0.4) is 0 Å². The molecule has 5 heteroatoms. The van der Waals surface area contributed by atoms with E-state index in [0.717, 1.165) is 41.3 Å². The van der Waals surface area contributed by atoms with Gasteiger partial charge >= 0.3 is 0 Å². The number of nitrogens with zero attached hydrogens (tertiary/aromatic N) is 1. The number of hydrogen-bond acceptors (Lipinski definition) is 4. The van der Waals surface area contributed by atoms with Crippen molar-refractivity contribution in [3.8, 4) is 11.5 Å². The highest BCUT2D eigenvalue weighted by atomic mass is 16.5. The number of aliphatic hydroxyl groups is 1. The molecule has 0 fully saturated rings. The Morgan fingerprint density at radius 2 is 1.84 bits per heavy atom. The number of anilines is 1. The van der Waals surface area contributed by atoms with Gasteiger partial charge in [0.1, 0.15) is 17.1 Å². The first kappa shape index (κ1) is 26.1. The molecule has 0 radical (unpaired) electrons. The Hall–Kier alpha value is -3.57. The van der Waals surface area contributed by atoms with Gasteiger partial charge in [-0.2, -0.15) is 0 Å². The largest absolute Gasteiger partial charge is 0.508 e. The van der Waals surface area contributed by atoms with E-state index in [-0.39, 0.29) is 18.1 Å². The fourth-order valence-electron chi connectivity index (χ4n) is 5.64. The minimum Gasteiger partial charge on any atom is -0.508 e. The lowest BCUT2D eigenvalue weighted by atomic mass is 9.84. The number of carbonyl (C=O) groups excluding carboxylic acids is 1. The average Bonchev–Trinajstić information content (AvgIpc) is 3.20. The van der Waals surface area contributed by atoms with Crippen molar-refractivity contribution in [1.82, 2.24) is 0 Å². The van der Waals surface area contributed by atoms with Crippen LogP contribution in [0.2, 0.25) is 0 Å². The third-order valence-electron chi connectivity index (χ3n) is 7.98. The number of phenolic OH excluding ortho intramolecular Hbond substituents is 1. The van der Waals surface area contributed by atoms with Gasteiger partial charge in [0.05, 0.1) is 23.9 Å². The van der Waals surface area contributed by atoms with Crippen molar-refractivity contribution in [2.45, 2.75) is 78.0 Å². The lowest BCUT2D eigenvalue weighted by Gasteiger charge is -2.40. The van der Waals surface area contributed by atoms with E-state index >= 15 is 0 Å². The third-order valence-corrected chi connectivity index (χ3v) is 7.98.